The number of aromatic nitrogens is 1. The molecular weight excluding hydrogens is 355 g/mol. The first kappa shape index (κ1) is 18.4. The van der Waals surface area contributed by atoms with Gasteiger partial charge in [0.05, 0.1) is 17.4 Å². The van der Waals surface area contributed by atoms with Gasteiger partial charge in [-0.05, 0) is 49.2 Å². The molecule has 0 aliphatic heterocycles. The second-order valence-electron chi connectivity index (χ2n) is 6.00. The Labute approximate surface area is 154 Å². The van der Waals surface area contributed by atoms with E-state index in [9.17, 15) is 18.0 Å². The molecule has 7 heteroatoms. The first-order valence-corrected chi connectivity index (χ1v) is 8.11. The normalized spacial score (nSPS) is 10.6. The number of nitrogens with zero attached hydrogens (tertiary/aromatic N) is 1. The topological polar surface area (TPSA) is 54.0 Å². The van der Waals surface area contributed by atoms with E-state index in [2.05, 4.69) is 15.6 Å². The van der Waals surface area contributed by atoms with Crippen molar-refractivity contribution in [3.05, 3.63) is 82.8 Å². The first-order chi connectivity index (χ1) is 12.9. The van der Waals surface area contributed by atoms with Crippen molar-refractivity contribution in [3.63, 3.8) is 0 Å². The fourth-order valence-corrected chi connectivity index (χ4v) is 2.58. The van der Waals surface area contributed by atoms with E-state index >= 15 is 0 Å². The van der Waals surface area contributed by atoms with Crippen LogP contribution in [0.5, 0.6) is 0 Å². The van der Waals surface area contributed by atoms with Crippen molar-refractivity contribution in [1.82, 2.24) is 4.98 Å². The predicted molar refractivity (Wildman–Crippen MR) is 97.7 cm³/mol. The number of nitrogens with one attached hydrogen (secondary N) is 2. The van der Waals surface area contributed by atoms with Crippen molar-refractivity contribution in [2.24, 2.45) is 0 Å². The third-order valence-corrected chi connectivity index (χ3v) is 4.04. The van der Waals surface area contributed by atoms with E-state index in [1.54, 1.807) is 12.1 Å². The third kappa shape index (κ3) is 3.92. The van der Waals surface area contributed by atoms with E-state index in [-0.39, 0.29) is 5.69 Å². The summed E-state index contributed by atoms with van der Waals surface area (Å²) in [5.41, 5.74) is 2.75. The number of pyridine rings is 1. The van der Waals surface area contributed by atoms with E-state index < -0.39 is 28.9 Å². The molecule has 4 nitrogen and oxygen atoms in total. The minimum atomic E-state index is -1.69. The first-order valence-electron chi connectivity index (χ1n) is 8.11. The molecule has 1 aromatic heterocycles. The Hall–Kier alpha value is -3.35. The van der Waals surface area contributed by atoms with Crippen LogP contribution in [0.4, 0.5) is 30.4 Å². The number of para-hydroxylation sites is 1. The van der Waals surface area contributed by atoms with Crippen LogP contribution < -0.4 is 10.6 Å². The minimum Gasteiger partial charge on any atom is -0.340 e. The summed E-state index contributed by atoms with van der Waals surface area (Å²) in [6.45, 7) is 3.95. The molecule has 0 spiro atoms. The van der Waals surface area contributed by atoms with E-state index in [0.717, 1.165) is 22.9 Å². The van der Waals surface area contributed by atoms with Gasteiger partial charge in [0.25, 0.3) is 5.91 Å². The van der Waals surface area contributed by atoms with Gasteiger partial charge in [0.1, 0.15) is 5.82 Å². The van der Waals surface area contributed by atoms with Gasteiger partial charge < -0.3 is 10.6 Å². The molecular formula is C20H16F3N3O. The average molecular weight is 371 g/mol. The molecule has 0 bridgehead atoms. The highest BCUT2D eigenvalue weighted by Gasteiger charge is 2.19. The smallest absolute Gasteiger partial charge is 0.258 e. The molecule has 2 aromatic carbocycles. The van der Waals surface area contributed by atoms with Crippen LogP contribution in [0.25, 0.3) is 0 Å². The van der Waals surface area contributed by atoms with Gasteiger partial charge in [-0.2, -0.15) is 0 Å². The molecule has 0 aliphatic rings. The lowest BCUT2D eigenvalue weighted by atomic mass is 10.1. The molecule has 0 saturated carbocycles. The summed E-state index contributed by atoms with van der Waals surface area (Å²) < 4.78 is 39.9. The summed E-state index contributed by atoms with van der Waals surface area (Å²) in [5, 5.41) is 5.60. The van der Waals surface area contributed by atoms with E-state index in [1.807, 2.05) is 32.0 Å². The fraction of sp³-hybridized carbons (Fsp3) is 0.100. The molecule has 3 aromatic rings. The maximum Gasteiger partial charge on any atom is 0.258 e. The van der Waals surface area contributed by atoms with Gasteiger partial charge in [0, 0.05) is 5.69 Å². The van der Waals surface area contributed by atoms with Crippen molar-refractivity contribution in [2.75, 3.05) is 10.6 Å². The summed E-state index contributed by atoms with van der Waals surface area (Å²) in [5.74, 6) is -4.91. The molecule has 0 atom stereocenters. The summed E-state index contributed by atoms with van der Waals surface area (Å²) in [6.07, 6.45) is 1.38. The number of amides is 1. The average Bonchev–Trinajstić information content (AvgIpc) is 2.64. The summed E-state index contributed by atoms with van der Waals surface area (Å²) in [6, 6.07) is 10.7. The molecule has 0 unspecified atom stereocenters. The molecule has 0 aliphatic carbocycles. The number of aryl methyl sites for hydroxylation is 2. The highest BCUT2D eigenvalue weighted by Crippen LogP contribution is 2.24. The molecule has 1 heterocycles. The Morgan fingerprint density at radius 1 is 0.926 bits per heavy atom. The number of rotatable bonds is 4. The molecule has 138 valence electrons. The van der Waals surface area contributed by atoms with Gasteiger partial charge in [0.15, 0.2) is 17.5 Å². The van der Waals surface area contributed by atoms with E-state index in [0.29, 0.717) is 11.9 Å². The summed E-state index contributed by atoms with van der Waals surface area (Å²) in [4.78, 5) is 16.3. The number of hydrogen-bond donors (Lipinski definition) is 2. The molecule has 3 rings (SSSR count). The lowest BCUT2D eigenvalue weighted by Gasteiger charge is -2.12. The van der Waals surface area contributed by atoms with Gasteiger partial charge in [-0.25, -0.2) is 18.2 Å². The summed E-state index contributed by atoms with van der Waals surface area (Å²) >= 11 is 0. The van der Waals surface area contributed by atoms with Crippen molar-refractivity contribution in [3.8, 4) is 0 Å². The highest BCUT2D eigenvalue weighted by molar-refractivity contribution is 6.04. The van der Waals surface area contributed by atoms with Crippen LogP contribution in [-0.4, -0.2) is 10.9 Å². The molecule has 0 radical (unpaired) electrons. The maximum atomic E-state index is 13.7. The van der Waals surface area contributed by atoms with Crippen LogP contribution in [0.3, 0.4) is 0 Å². The lowest BCUT2D eigenvalue weighted by molar-refractivity contribution is 0.102. The molecule has 1 amide bonds. The Kier molecular flexibility index (Phi) is 5.12. The zero-order valence-corrected chi connectivity index (χ0v) is 14.6. The van der Waals surface area contributed by atoms with Crippen molar-refractivity contribution < 1.29 is 18.0 Å². The van der Waals surface area contributed by atoms with Gasteiger partial charge in [-0.1, -0.05) is 18.2 Å². The van der Waals surface area contributed by atoms with Crippen LogP contribution in [0.1, 0.15) is 21.5 Å². The Morgan fingerprint density at radius 3 is 2.26 bits per heavy atom. The van der Waals surface area contributed by atoms with Crippen LogP contribution >= 0.6 is 0 Å². The SMILES string of the molecule is Cc1cccc(C)c1Nc1ccc(NC(=O)c2ccc(F)c(F)c2F)cn1. The molecule has 0 saturated heterocycles. The van der Waals surface area contributed by atoms with Crippen LogP contribution in [0.15, 0.2) is 48.7 Å². The van der Waals surface area contributed by atoms with Gasteiger partial charge in [-0.15, -0.1) is 0 Å². The Morgan fingerprint density at radius 2 is 1.63 bits per heavy atom. The van der Waals surface area contributed by atoms with Crippen molar-refractivity contribution in [2.45, 2.75) is 13.8 Å². The van der Waals surface area contributed by atoms with E-state index in [4.69, 9.17) is 0 Å². The third-order valence-electron chi connectivity index (χ3n) is 4.04. The van der Waals surface area contributed by atoms with Crippen molar-refractivity contribution >= 4 is 23.1 Å². The highest BCUT2D eigenvalue weighted by atomic mass is 19.2. The zero-order valence-electron chi connectivity index (χ0n) is 14.6. The van der Waals surface area contributed by atoms with Crippen LogP contribution in [0.2, 0.25) is 0 Å². The minimum absolute atomic E-state index is 0.288. The maximum absolute atomic E-state index is 13.7. The zero-order chi connectivity index (χ0) is 19.6. The number of carbonyl (C=O) groups is 1. The lowest BCUT2D eigenvalue weighted by Crippen LogP contribution is -2.15. The standard InChI is InChI=1S/C20H16F3N3O/c1-11-4-3-5-12(2)19(11)26-16-9-6-13(10-24-16)25-20(27)14-7-8-15(21)18(23)17(14)22/h3-10H,1-2H3,(H,24,26)(H,25,27). The van der Waals surface area contributed by atoms with Crippen molar-refractivity contribution in [1.29, 1.82) is 0 Å². The van der Waals surface area contributed by atoms with E-state index in [1.165, 1.54) is 6.20 Å². The number of benzene rings is 2. The van der Waals surface area contributed by atoms with Crippen LogP contribution in [-0.2, 0) is 0 Å². The van der Waals surface area contributed by atoms with Gasteiger partial charge >= 0.3 is 0 Å². The number of hydrogen-bond acceptors (Lipinski definition) is 3. The van der Waals surface area contributed by atoms with Gasteiger partial charge in [0.2, 0.25) is 0 Å². The van der Waals surface area contributed by atoms with Crippen LogP contribution in [0, 0.1) is 31.3 Å². The predicted octanol–water partition coefficient (Wildman–Crippen LogP) is 5.11. The quantitative estimate of drug-likeness (QED) is 0.627. The molecule has 0 fully saturated rings. The molecule has 27 heavy (non-hydrogen) atoms. The second kappa shape index (κ2) is 7.49. The summed E-state index contributed by atoms with van der Waals surface area (Å²) in [7, 11) is 0. The molecule has 2 N–H and O–H groups in total. The fourth-order valence-electron chi connectivity index (χ4n) is 2.58. The second-order valence-corrected chi connectivity index (χ2v) is 6.00. The van der Waals surface area contributed by atoms with Gasteiger partial charge in [-0.3, -0.25) is 4.79 Å². The Bertz CT molecular complexity index is 984. The number of carbonyl (C=O) groups excluding carboxylic acids is 1. The number of halogens is 3. The largest absolute Gasteiger partial charge is 0.340 e. The monoisotopic (exact) mass is 371 g/mol. The Balaban J connectivity index is 1.74. The number of anilines is 3.